The molecule has 2 saturated carbocycles. The maximum Gasteiger partial charge on any atom is 0.271 e. The largest absolute Gasteiger partial charge is 0.360 e. The molecular formula is C15H14N2O3. The zero-order chi connectivity index (χ0) is 13.9. The normalized spacial score (nSPS) is 27.5. The number of benzene rings is 1. The number of hydrogen-bond acceptors (Lipinski definition) is 3. The number of non-ortho nitro benzene ring substituents is 1. The number of H-pyrrole nitrogens is 1. The third-order valence-electron chi connectivity index (χ3n) is 4.85. The van der Waals surface area contributed by atoms with Crippen LogP contribution in [0.25, 0.3) is 10.9 Å². The number of Topliss-reactive ketones (excluding diaryl/α,β-unsaturated/α-hetero) is 1. The van der Waals surface area contributed by atoms with Crippen LogP contribution < -0.4 is 0 Å². The molecule has 0 amide bonds. The van der Waals surface area contributed by atoms with Crippen LogP contribution in [0.4, 0.5) is 5.69 Å². The highest BCUT2D eigenvalue weighted by Gasteiger charge is 2.56. The number of aromatic nitrogens is 1. The quantitative estimate of drug-likeness (QED) is 0.528. The number of nitro benzene ring substituents is 1. The van der Waals surface area contributed by atoms with Gasteiger partial charge in [-0.2, -0.15) is 0 Å². The van der Waals surface area contributed by atoms with Crippen molar-refractivity contribution in [1.29, 1.82) is 0 Å². The van der Waals surface area contributed by atoms with Gasteiger partial charge < -0.3 is 4.98 Å². The zero-order valence-electron chi connectivity index (χ0n) is 10.8. The van der Waals surface area contributed by atoms with Crippen LogP contribution in [0.15, 0.2) is 24.4 Å². The molecule has 5 nitrogen and oxygen atoms in total. The molecule has 2 aliphatic rings. The van der Waals surface area contributed by atoms with Crippen LogP contribution in [0.2, 0.25) is 0 Å². The summed E-state index contributed by atoms with van der Waals surface area (Å²) in [5.41, 5.74) is 1.39. The van der Waals surface area contributed by atoms with Crippen molar-refractivity contribution in [3.8, 4) is 0 Å². The molecule has 2 aromatic rings. The molecule has 0 saturated heterocycles. The highest BCUT2D eigenvalue weighted by molar-refractivity contribution is 6.10. The summed E-state index contributed by atoms with van der Waals surface area (Å²) >= 11 is 0. The lowest BCUT2D eigenvalue weighted by Gasteiger charge is -2.01. The van der Waals surface area contributed by atoms with Crippen LogP contribution in [0, 0.1) is 27.9 Å². The van der Waals surface area contributed by atoms with Gasteiger partial charge in [0, 0.05) is 35.2 Å². The summed E-state index contributed by atoms with van der Waals surface area (Å²) in [5, 5.41) is 11.6. The van der Waals surface area contributed by atoms with Crippen LogP contribution in [0.5, 0.6) is 0 Å². The van der Waals surface area contributed by atoms with E-state index in [0.29, 0.717) is 22.9 Å². The molecule has 1 N–H and O–H groups in total. The first-order valence-corrected chi connectivity index (χ1v) is 6.96. The average molecular weight is 270 g/mol. The lowest BCUT2D eigenvalue weighted by Crippen LogP contribution is -2.05. The molecule has 4 rings (SSSR count). The first kappa shape index (κ1) is 11.6. The zero-order valence-corrected chi connectivity index (χ0v) is 10.8. The minimum atomic E-state index is -0.424. The first-order chi connectivity index (χ1) is 9.66. The molecule has 0 bridgehead atoms. The molecule has 0 radical (unpaired) electrons. The van der Waals surface area contributed by atoms with E-state index in [0.717, 1.165) is 5.39 Å². The van der Waals surface area contributed by atoms with Crippen LogP contribution in [-0.2, 0) is 0 Å². The summed E-state index contributed by atoms with van der Waals surface area (Å²) in [4.78, 5) is 25.9. The van der Waals surface area contributed by atoms with Crippen LogP contribution in [-0.4, -0.2) is 15.7 Å². The highest BCUT2D eigenvalue weighted by atomic mass is 16.6. The Morgan fingerprint density at radius 2 is 2.05 bits per heavy atom. The number of nitro groups is 1. The van der Waals surface area contributed by atoms with Gasteiger partial charge in [-0.1, -0.05) is 6.42 Å². The van der Waals surface area contributed by atoms with Gasteiger partial charge in [-0.3, -0.25) is 14.9 Å². The van der Waals surface area contributed by atoms with Gasteiger partial charge in [0.1, 0.15) is 0 Å². The molecule has 0 aliphatic heterocycles. The number of carbonyl (C=O) groups is 1. The molecule has 2 aliphatic carbocycles. The van der Waals surface area contributed by atoms with E-state index in [9.17, 15) is 14.9 Å². The summed E-state index contributed by atoms with van der Waals surface area (Å²) < 4.78 is 0. The molecule has 102 valence electrons. The summed E-state index contributed by atoms with van der Waals surface area (Å²) in [6.07, 6.45) is 5.30. The van der Waals surface area contributed by atoms with Crippen LogP contribution >= 0.6 is 0 Å². The van der Waals surface area contributed by atoms with Crippen LogP contribution in [0.3, 0.4) is 0 Å². The van der Waals surface area contributed by atoms with E-state index in [1.807, 2.05) is 0 Å². The third kappa shape index (κ3) is 1.52. The second-order valence-corrected chi connectivity index (χ2v) is 5.84. The van der Waals surface area contributed by atoms with Crippen molar-refractivity contribution in [1.82, 2.24) is 4.98 Å². The SMILES string of the molecule is O=C(c1c[nH]c2cc([N+](=O)[O-])ccc12)C1C2CCCC21. The summed E-state index contributed by atoms with van der Waals surface area (Å²) in [6.45, 7) is 0. The van der Waals surface area contributed by atoms with Crippen molar-refractivity contribution in [3.63, 3.8) is 0 Å². The summed E-state index contributed by atoms with van der Waals surface area (Å²) in [5.74, 6) is 1.58. The number of nitrogens with zero attached hydrogens (tertiary/aromatic N) is 1. The van der Waals surface area contributed by atoms with Crippen molar-refractivity contribution in [3.05, 3.63) is 40.1 Å². The lowest BCUT2D eigenvalue weighted by atomic mass is 10.0. The van der Waals surface area contributed by atoms with E-state index >= 15 is 0 Å². The number of aromatic amines is 1. The Kier molecular flexibility index (Phi) is 2.28. The van der Waals surface area contributed by atoms with Crippen molar-refractivity contribution < 1.29 is 9.72 Å². The molecule has 20 heavy (non-hydrogen) atoms. The van der Waals surface area contributed by atoms with Crippen molar-refractivity contribution in [2.75, 3.05) is 0 Å². The Hall–Kier alpha value is -2.17. The monoisotopic (exact) mass is 270 g/mol. The van der Waals surface area contributed by atoms with E-state index in [2.05, 4.69) is 4.98 Å². The van der Waals surface area contributed by atoms with E-state index in [1.54, 1.807) is 12.3 Å². The number of hydrogen-bond donors (Lipinski definition) is 1. The number of fused-ring (bicyclic) bond motifs is 2. The lowest BCUT2D eigenvalue weighted by molar-refractivity contribution is -0.384. The fraction of sp³-hybridized carbons (Fsp3) is 0.400. The molecule has 2 atom stereocenters. The Morgan fingerprint density at radius 1 is 1.30 bits per heavy atom. The van der Waals surface area contributed by atoms with Crippen molar-refractivity contribution in [2.24, 2.45) is 17.8 Å². The van der Waals surface area contributed by atoms with E-state index in [4.69, 9.17) is 0 Å². The first-order valence-electron chi connectivity index (χ1n) is 6.96. The fourth-order valence-electron chi connectivity index (χ4n) is 3.82. The van der Waals surface area contributed by atoms with Gasteiger partial charge >= 0.3 is 0 Å². The van der Waals surface area contributed by atoms with Gasteiger partial charge in [-0.05, 0) is 30.7 Å². The minimum Gasteiger partial charge on any atom is -0.360 e. The van der Waals surface area contributed by atoms with Gasteiger partial charge in [0.05, 0.1) is 10.4 Å². The van der Waals surface area contributed by atoms with Gasteiger partial charge in [0.2, 0.25) is 0 Å². The summed E-state index contributed by atoms with van der Waals surface area (Å²) in [7, 11) is 0. The number of carbonyl (C=O) groups excluding carboxylic acids is 1. The predicted octanol–water partition coefficient (Wildman–Crippen LogP) is 3.30. The smallest absolute Gasteiger partial charge is 0.271 e. The fourth-order valence-corrected chi connectivity index (χ4v) is 3.82. The number of ketones is 1. The average Bonchev–Trinajstić information content (AvgIpc) is 2.82. The van der Waals surface area contributed by atoms with E-state index in [-0.39, 0.29) is 17.4 Å². The van der Waals surface area contributed by atoms with E-state index < -0.39 is 4.92 Å². The molecule has 2 fully saturated rings. The summed E-state index contributed by atoms with van der Waals surface area (Å²) in [6, 6.07) is 4.62. The molecule has 2 unspecified atom stereocenters. The second-order valence-electron chi connectivity index (χ2n) is 5.84. The Bertz CT molecular complexity index is 724. The number of rotatable bonds is 3. The highest BCUT2D eigenvalue weighted by Crippen LogP contribution is 2.58. The number of nitrogens with one attached hydrogen (secondary N) is 1. The molecule has 0 spiro atoms. The second kappa shape index (κ2) is 3.91. The Labute approximate surface area is 115 Å². The van der Waals surface area contributed by atoms with Gasteiger partial charge in [-0.25, -0.2) is 0 Å². The topological polar surface area (TPSA) is 76.0 Å². The van der Waals surface area contributed by atoms with Gasteiger partial charge in [0.15, 0.2) is 5.78 Å². The Balaban J connectivity index is 1.70. The maximum atomic E-state index is 12.6. The molecule has 5 heteroatoms. The predicted molar refractivity (Wildman–Crippen MR) is 73.6 cm³/mol. The maximum absolute atomic E-state index is 12.6. The van der Waals surface area contributed by atoms with E-state index in [1.165, 1.54) is 31.4 Å². The molecule has 1 heterocycles. The van der Waals surface area contributed by atoms with Gasteiger partial charge in [-0.15, -0.1) is 0 Å². The van der Waals surface area contributed by atoms with Crippen LogP contribution in [0.1, 0.15) is 29.6 Å². The standard InChI is InChI=1S/C15H14N2O3/c18-15(14-10-2-1-3-11(10)14)12-7-16-13-6-8(17(19)20)4-5-9(12)13/h4-7,10-11,14,16H,1-3H2. The molecule has 1 aromatic carbocycles. The minimum absolute atomic E-state index is 0.0432. The Morgan fingerprint density at radius 3 is 2.75 bits per heavy atom. The third-order valence-corrected chi connectivity index (χ3v) is 4.85. The van der Waals surface area contributed by atoms with Gasteiger partial charge in [0.25, 0.3) is 5.69 Å². The van der Waals surface area contributed by atoms with Crippen molar-refractivity contribution in [2.45, 2.75) is 19.3 Å². The molecular weight excluding hydrogens is 256 g/mol. The molecule has 1 aromatic heterocycles. The van der Waals surface area contributed by atoms with Crippen molar-refractivity contribution >= 4 is 22.4 Å².